The first kappa shape index (κ1) is 19.5. The minimum atomic E-state index is 0.0913. The summed E-state index contributed by atoms with van der Waals surface area (Å²) in [6, 6.07) is 16.5. The molecule has 1 fully saturated rings. The number of hydrogen-bond acceptors (Lipinski definition) is 4. The number of rotatable bonds is 8. The minimum absolute atomic E-state index is 0.0913. The van der Waals surface area contributed by atoms with E-state index in [4.69, 9.17) is 0 Å². The van der Waals surface area contributed by atoms with Gasteiger partial charge in [0.15, 0.2) is 0 Å². The Hall–Kier alpha value is -2.24. The summed E-state index contributed by atoms with van der Waals surface area (Å²) in [6.45, 7) is 5.05. The van der Waals surface area contributed by atoms with E-state index < -0.39 is 0 Å². The van der Waals surface area contributed by atoms with Crippen LogP contribution in [0.4, 0.5) is 0 Å². The second kappa shape index (κ2) is 10.2. The fourth-order valence-electron chi connectivity index (χ4n) is 3.69. The lowest BCUT2D eigenvalue weighted by atomic mass is 9.97. The molecule has 0 spiro atoms. The highest BCUT2D eigenvalue weighted by Crippen LogP contribution is 2.18. The molecule has 1 amide bonds. The number of piperidine rings is 1. The van der Waals surface area contributed by atoms with Crippen molar-refractivity contribution in [3.63, 3.8) is 0 Å². The van der Waals surface area contributed by atoms with Gasteiger partial charge in [0.1, 0.15) is 0 Å². The van der Waals surface area contributed by atoms with E-state index in [1.165, 1.54) is 18.4 Å². The van der Waals surface area contributed by atoms with Crippen molar-refractivity contribution < 1.29 is 4.79 Å². The van der Waals surface area contributed by atoms with Crippen LogP contribution < -0.4 is 5.32 Å². The Morgan fingerprint density at radius 3 is 2.81 bits per heavy atom. The number of amides is 1. The molecule has 3 rings (SSSR count). The summed E-state index contributed by atoms with van der Waals surface area (Å²) in [5.74, 6) is 0.626. The molecule has 2 heterocycles. The predicted octanol–water partition coefficient (Wildman–Crippen LogP) is 2.54. The van der Waals surface area contributed by atoms with Gasteiger partial charge in [0, 0.05) is 32.4 Å². The molecule has 5 heteroatoms. The Labute approximate surface area is 162 Å². The Morgan fingerprint density at radius 2 is 2.04 bits per heavy atom. The molecular formula is C22H30N4O. The SMILES string of the molecule is CN(CC(=O)NCC1CCCN(Cc2ccccc2)C1)Cc1ccccn1. The zero-order valence-electron chi connectivity index (χ0n) is 16.2. The molecule has 2 aromatic rings. The standard InChI is InChI=1S/C22H30N4O/c1-25(17-21-11-5-6-12-23-21)18-22(27)24-14-20-10-7-13-26(16-20)15-19-8-3-2-4-9-19/h2-6,8-9,11-12,20H,7,10,13-18H2,1H3,(H,24,27). The summed E-state index contributed by atoms with van der Waals surface area (Å²) in [6.07, 6.45) is 4.18. The molecule has 1 aliphatic heterocycles. The first-order chi connectivity index (χ1) is 13.2. The average Bonchev–Trinajstić information content (AvgIpc) is 2.68. The van der Waals surface area contributed by atoms with Gasteiger partial charge in [-0.25, -0.2) is 0 Å². The van der Waals surface area contributed by atoms with Gasteiger partial charge in [-0.15, -0.1) is 0 Å². The van der Waals surface area contributed by atoms with Crippen molar-refractivity contribution in [3.05, 3.63) is 66.0 Å². The number of pyridine rings is 1. The number of carbonyl (C=O) groups excluding carboxylic acids is 1. The van der Waals surface area contributed by atoms with Crippen LogP contribution in [0.5, 0.6) is 0 Å². The number of hydrogen-bond donors (Lipinski definition) is 1. The Kier molecular flexibility index (Phi) is 7.36. The van der Waals surface area contributed by atoms with Crippen molar-refractivity contribution in [3.8, 4) is 0 Å². The Morgan fingerprint density at radius 1 is 1.22 bits per heavy atom. The van der Waals surface area contributed by atoms with E-state index >= 15 is 0 Å². The van der Waals surface area contributed by atoms with E-state index in [0.717, 1.165) is 31.9 Å². The molecule has 1 aromatic heterocycles. The van der Waals surface area contributed by atoms with Crippen LogP contribution in [0.3, 0.4) is 0 Å². The van der Waals surface area contributed by atoms with Crippen molar-refractivity contribution in [1.82, 2.24) is 20.1 Å². The van der Waals surface area contributed by atoms with Crippen LogP contribution in [0.1, 0.15) is 24.1 Å². The van der Waals surface area contributed by atoms with Crippen LogP contribution in [-0.2, 0) is 17.9 Å². The molecule has 5 nitrogen and oxygen atoms in total. The first-order valence-corrected chi connectivity index (χ1v) is 9.80. The van der Waals surface area contributed by atoms with Crippen molar-refractivity contribution in [2.45, 2.75) is 25.9 Å². The molecule has 0 saturated carbocycles. The van der Waals surface area contributed by atoms with Gasteiger partial charge >= 0.3 is 0 Å². The number of carbonyl (C=O) groups is 1. The van der Waals surface area contributed by atoms with E-state index in [-0.39, 0.29) is 5.91 Å². The van der Waals surface area contributed by atoms with Crippen molar-refractivity contribution >= 4 is 5.91 Å². The quantitative estimate of drug-likeness (QED) is 0.780. The second-order valence-corrected chi connectivity index (χ2v) is 7.53. The third-order valence-electron chi connectivity index (χ3n) is 5.01. The third kappa shape index (κ3) is 6.77. The van der Waals surface area contributed by atoms with Crippen molar-refractivity contribution in [2.75, 3.05) is 33.2 Å². The van der Waals surface area contributed by atoms with Crippen molar-refractivity contribution in [2.24, 2.45) is 5.92 Å². The summed E-state index contributed by atoms with van der Waals surface area (Å²) in [4.78, 5) is 21.1. The molecular weight excluding hydrogens is 336 g/mol. The summed E-state index contributed by atoms with van der Waals surface area (Å²) < 4.78 is 0. The number of likely N-dealkylation sites (N-methyl/N-ethyl adjacent to an activating group) is 1. The topological polar surface area (TPSA) is 48.5 Å². The van der Waals surface area contributed by atoms with E-state index in [0.29, 0.717) is 19.0 Å². The summed E-state index contributed by atoms with van der Waals surface area (Å²) >= 11 is 0. The van der Waals surface area contributed by atoms with E-state index in [2.05, 4.69) is 45.5 Å². The lowest BCUT2D eigenvalue weighted by Crippen LogP contribution is -2.42. The molecule has 1 saturated heterocycles. The van der Waals surface area contributed by atoms with Crippen molar-refractivity contribution in [1.29, 1.82) is 0 Å². The van der Waals surface area contributed by atoms with Gasteiger partial charge < -0.3 is 5.32 Å². The average molecular weight is 367 g/mol. The monoisotopic (exact) mass is 366 g/mol. The van der Waals surface area contributed by atoms with Gasteiger partial charge in [0.25, 0.3) is 0 Å². The van der Waals surface area contributed by atoms with Gasteiger partial charge in [0.05, 0.1) is 12.2 Å². The van der Waals surface area contributed by atoms with Gasteiger partial charge in [0.2, 0.25) is 5.91 Å². The van der Waals surface area contributed by atoms with Crippen LogP contribution in [0.15, 0.2) is 54.7 Å². The zero-order valence-corrected chi connectivity index (χ0v) is 16.2. The maximum Gasteiger partial charge on any atom is 0.234 e. The Balaban J connectivity index is 1.38. The summed E-state index contributed by atoms with van der Waals surface area (Å²) in [5.41, 5.74) is 2.34. The minimum Gasteiger partial charge on any atom is -0.355 e. The predicted molar refractivity (Wildman–Crippen MR) is 108 cm³/mol. The molecule has 27 heavy (non-hydrogen) atoms. The highest BCUT2D eigenvalue weighted by molar-refractivity contribution is 5.77. The number of likely N-dealkylation sites (tertiary alicyclic amines) is 1. The van der Waals surface area contributed by atoms with Crippen LogP contribution in [0.25, 0.3) is 0 Å². The second-order valence-electron chi connectivity index (χ2n) is 7.53. The fourth-order valence-corrected chi connectivity index (χ4v) is 3.69. The number of nitrogens with zero attached hydrogens (tertiary/aromatic N) is 3. The lowest BCUT2D eigenvalue weighted by molar-refractivity contribution is -0.122. The summed E-state index contributed by atoms with van der Waals surface area (Å²) in [7, 11) is 1.95. The van der Waals surface area contributed by atoms with Crippen LogP contribution in [0, 0.1) is 5.92 Å². The zero-order chi connectivity index (χ0) is 18.9. The van der Waals surface area contributed by atoms with Gasteiger partial charge in [-0.1, -0.05) is 36.4 Å². The lowest BCUT2D eigenvalue weighted by Gasteiger charge is -2.33. The van der Waals surface area contributed by atoms with E-state index in [1.807, 2.05) is 30.1 Å². The molecule has 1 N–H and O–H groups in total. The Bertz CT molecular complexity index is 692. The smallest absolute Gasteiger partial charge is 0.234 e. The van der Waals surface area contributed by atoms with Gasteiger partial charge in [-0.3, -0.25) is 19.6 Å². The highest BCUT2D eigenvalue weighted by Gasteiger charge is 2.20. The number of aromatic nitrogens is 1. The normalized spacial score (nSPS) is 17.8. The van der Waals surface area contributed by atoms with Gasteiger partial charge in [-0.2, -0.15) is 0 Å². The maximum atomic E-state index is 12.3. The molecule has 0 bridgehead atoms. The third-order valence-corrected chi connectivity index (χ3v) is 5.01. The molecule has 144 valence electrons. The van der Waals surface area contributed by atoms with E-state index in [1.54, 1.807) is 6.20 Å². The van der Waals surface area contributed by atoms with Crippen LogP contribution >= 0.6 is 0 Å². The maximum absolute atomic E-state index is 12.3. The van der Waals surface area contributed by atoms with Crippen LogP contribution in [0.2, 0.25) is 0 Å². The number of benzene rings is 1. The molecule has 0 radical (unpaired) electrons. The molecule has 1 unspecified atom stereocenters. The summed E-state index contributed by atoms with van der Waals surface area (Å²) in [5, 5.41) is 3.13. The molecule has 1 aromatic carbocycles. The largest absolute Gasteiger partial charge is 0.355 e. The fraction of sp³-hybridized carbons (Fsp3) is 0.455. The molecule has 0 aliphatic carbocycles. The number of nitrogens with one attached hydrogen (secondary N) is 1. The first-order valence-electron chi connectivity index (χ1n) is 9.80. The molecule has 1 atom stereocenters. The van der Waals surface area contributed by atoms with Gasteiger partial charge in [-0.05, 0) is 50.0 Å². The highest BCUT2D eigenvalue weighted by atomic mass is 16.2. The van der Waals surface area contributed by atoms with E-state index in [9.17, 15) is 4.79 Å². The molecule has 1 aliphatic rings. The van der Waals surface area contributed by atoms with Crippen LogP contribution in [-0.4, -0.2) is 53.9 Å².